The summed E-state index contributed by atoms with van der Waals surface area (Å²) in [6, 6.07) is 8.97. The number of likely N-dealkylation sites (tertiary alicyclic amines) is 1. The predicted octanol–water partition coefficient (Wildman–Crippen LogP) is 4.47. The maximum Gasteiger partial charge on any atom is 0.0409 e. The van der Waals surface area contributed by atoms with Crippen LogP contribution in [-0.4, -0.2) is 30.6 Å². The summed E-state index contributed by atoms with van der Waals surface area (Å²) in [5.41, 5.74) is 1.33. The number of nitrogens with zero attached hydrogens (tertiary/aromatic N) is 1. The fraction of sp³-hybridized carbons (Fsp3) is 0.684. The van der Waals surface area contributed by atoms with E-state index < -0.39 is 0 Å². The second kappa shape index (κ2) is 8.33. The summed E-state index contributed by atoms with van der Waals surface area (Å²) >= 11 is 6.10. The molecule has 0 aromatic heterocycles. The number of nitrogens with one attached hydrogen (secondary N) is 1. The Bertz CT molecular complexity index is 457. The van der Waals surface area contributed by atoms with Crippen molar-refractivity contribution < 1.29 is 0 Å². The van der Waals surface area contributed by atoms with Crippen LogP contribution in [0.15, 0.2) is 24.3 Å². The number of rotatable bonds is 5. The molecule has 2 fully saturated rings. The van der Waals surface area contributed by atoms with Crippen molar-refractivity contribution in [2.24, 2.45) is 5.92 Å². The standard InChI is InChI=1S/C19H29ClN2/c20-18-9-4-8-17(12-18)14-22-11-5-10-19(15-22)21-13-16-6-2-1-3-7-16/h4,8-9,12,16,19,21H,1-3,5-7,10-11,13-15H2. The Hall–Kier alpha value is -0.570. The average molecular weight is 321 g/mol. The zero-order valence-electron chi connectivity index (χ0n) is 13.6. The molecule has 1 unspecified atom stereocenters. The minimum Gasteiger partial charge on any atom is -0.312 e. The van der Waals surface area contributed by atoms with Crippen molar-refractivity contribution in [3.63, 3.8) is 0 Å². The summed E-state index contributed by atoms with van der Waals surface area (Å²) in [6.45, 7) is 4.66. The molecule has 0 spiro atoms. The monoisotopic (exact) mass is 320 g/mol. The quantitative estimate of drug-likeness (QED) is 0.860. The van der Waals surface area contributed by atoms with Crippen molar-refractivity contribution in [2.45, 2.75) is 57.5 Å². The first-order chi connectivity index (χ1) is 10.8. The third kappa shape index (κ3) is 4.97. The van der Waals surface area contributed by atoms with Crippen molar-refractivity contribution in [3.05, 3.63) is 34.9 Å². The number of benzene rings is 1. The van der Waals surface area contributed by atoms with E-state index in [9.17, 15) is 0 Å². The first-order valence-electron chi connectivity index (χ1n) is 9.00. The Morgan fingerprint density at radius 1 is 1.09 bits per heavy atom. The van der Waals surface area contributed by atoms with Gasteiger partial charge in [0.1, 0.15) is 0 Å². The normalized spacial score (nSPS) is 24.5. The summed E-state index contributed by atoms with van der Waals surface area (Å²) < 4.78 is 0. The first-order valence-corrected chi connectivity index (χ1v) is 9.37. The lowest BCUT2D eigenvalue weighted by Crippen LogP contribution is -2.46. The van der Waals surface area contributed by atoms with Crippen LogP contribution in [-0.2, 0) is 6.54 Å². The van der Waals surface area contributed by atoms with E-state index in [-0.39, 0.29) is 0 Å². The molecule has 0 bridgehead atoms. The van der Waals surface area contributed by atoms with E-state index in [1.54, 1.807) is 0 Å². The summed E-state index contributed by atoms with van der Waals surface area (Å²) in [5, 5.41) is 4.70. The van der Waals surface area contributed by atoms with Crippen LogP contribution in [0.1, 0.15) is 50.5 Å². The highest BCUT2D eigenvalue weighted by molar-refractivity contribution is 6.30. The van der Waals surface area contributed by atoms with Gasteiger partial charge in [0.05, 0.1) is 0 Å². The van der Waals surface area contributed by atoms with Crippen molar-refractivity contribution in [3.8, 4) is 0 Å². The maximum absolute atomic E-state index is 6.10. The Kier molecular flexibility index (Phi) is 6.17. The molecule has 1 aliphatic carbocycles. The molecular formula is C19H29ClN2. The van der Waals surface area contributed by atoms with Crippen LogP contribution in [0.3, 0.4) is 0 Å². The Morgan fingerprint density at radius 3 is 2.77 bits per heavy atom. The summed E-state index contributed by atoms with van der Waals surface area (Å²) in [5.74, 6) is 0.928. The predicted molar refractivity (Wildman–Crippen MR) is 94.3 cm³/mol. The van der Waals surface area contributed by atoms with Gasteiger partial charge in [-0.1, -0.05) is 43.0 Å². The van der Waals surface area contributed by atoms with E-state index in [0.29, 0.717) is 6.04 Å². The van der Waals surface area contributed by atoms with E-state index >= 15 is 0 Å². The molecule has 2 aliphatic rings. The van der Waals surface area contributed by atoms with Crippen LogP contribution >= 0.6 is 11.6 Å². The third-order valence-electron chi connectivity index (χ3n) is 5.22. The van der Waals surface area contributed by atoms with Gasteiger partial charge >= 0.3 is 0 Å². The molecule has 1 saturated carbocycles. The molecule has 1 aliphatic heterocycles. The van der Waals surface area contributed by atoms with Gasteiger partial charge < -0.3 is 5.32 Å². The SMILES string of the molecule is Clc1cccc(CN2CCCC(NCC3CCCCC3)C2)c1. The molecule has 1 aromatic rings. The fourth-order valence-electron chi connectivity index (χ4n) is 3.98. The minimum atomic E-state index is 0.676. The van der Waals surface area contributed by atoms with Crippen LogP contribution in [0.4, 0.5) is 0 Å². The van der Waals surface area contributed by atoms with E-state index in [1.807, 2.05) is 6.07 Å². The van der Waals surface area contributed by atoms with Gasteiger partial charge in [-0.05, 0) is 62.4 Å². The minimum absolute atomic E-state index is 0.676. The highest BCUT2D eigenvalue weighted by Gasteiger charge is 2.21. The van der Waals surface area contributed by atoms with Gasteiger partial charge in [0.2, 0.25) is 0 Å². The molecule has 22 heavy (non-hydrogen) atoms. The van der Waals surface area contributed by atoms with Crippen LogP contribution in [0.25, 0.3) is 0 Å². The molecule has 122 valence electrons. The summed E-state index contributed by atoms with van der Waals surface area (Å²) in [7, 11) is 0. The summed E-state index contributed by atoms with van der Waals surface area (Å²) in [4.78, 5) is 2.58. The van der Waals surface area contributed by atoms with Crippen LogP contribution < -0.4 is 5.32 Å². The van der Waals surface area contributed by atoms with Gasteiger partial charge in [-0.3, -0.25) is 4.90 Å². The second-order valence-electron chi connectivity index (χ2n) is 7.12. The fourth-order valence-corrected chi connectivity index (χ4v) is 4.20. The smallest absolute Gasteiger partial charge is 0.0409 e. The number of hydrogen-bond acceptors (Lipinski definition) is 2. The van der Waals surface area contributed by atoms with Gasteiger partial charge in [0, 0.05) is 24.2 Å². The molecular weight excluding hydrogens is 292 g/mol. The molecule has 2 nitrogen and oxygen atoms in total. The van der Waals surface area contributed by atoms with Gasteiger partial charge in [-0.15, -0.1) is 0 Å². The van der Waals surface area contributed by atoms with Crippen LogP contribution in [0.5, 0.6) is 0 Å². The van der Waals surface area contributed by atoms with Gasteiger partial charge in [0.25, 0.3) is 0 Å². The number of hydrogen-bond donors (Lipinski definition) is 1. The zero-order chi connectivity index (χ0) is 15.2. The highest BCUT2D eigenvalue weighted by Crippen LogP contribution is 2.23. The molecule has 3 heteroatoms. The lowest BCUT2D eigenvalue weighted by Gasteiger charge is -2.34. The number of piperidine rings is 1. The van der Waals surface area contributed by atoms with E-state index in [0.717, 1.165) is 17.5 Å². The van der Waals surface area contributed by atoms with Gasteiger partial charge in [-0.25, -0.2) is 0 Å². The molecule has 1 heterocycles. The van der Waals surface area contributed by atoms with Crippen molar-refractivity contribution in [1.82, 2.24) is 10.2 Å². The Morgan fingerprint density at radius 2 is 1.95 bits per heavy atom. The number of halogens is 1. The average Bonchev–Trinajstić information content (AvgIpc) is 2.54. The first kappa shape index (κ1) is 16.3. The molecule has 3 rings (SSSR count). The maximum atomic E-state index is 6.10. The molecule has 1 atom stereocenters. The molecule has 1 saturated heterocycles. The topological polar surface area (TPSA) is 15.3 Å². The van der Waals surface area contributed by atoms with Crippen LogP contribution in [0.2, 0.25) is 5.02 Å². The molecule has 0 amide bonds. The highest BCUT2D eigenvalue weighted by atomic mass is 35.5. The molecule has 1 aromatic carbocycles. The van der Waals surface area contributed by atoms with E-state index in [4.69, 9.17) is 11.6 Å². The van der Waals surface area contributed by atoms with Crippen LogP contribution in [0, 0.1) is 5.92 Å². The lowest BCUT2D eigenvalue weighted by molar-refractivity contribution is 0.177. The zero-order valence-corrected chi connectivity index (χ0v) is 14.3. The van der Waals surface area contributed by atoms with Gasteiger partial charge in [0.15, 0.2) is 0 Å². The van der Waals surface area contributed by atoms with E-state index in [2.05, 4.69) is 28.4 Å². The Labute approximate surface area is 140 Å². The molecule has 0 radical (unpaired) electrons. The van der Waals surface area contributed by atoms with Gasteiger partial charge in [-0.2, -0.15) is 0 Å². The Balaban J connectivity index is 1.44. The van der Waals surface area contributed by atoms with Crippen molar-refractivity contribution in [1.29, 1.82) is 0 Å². The largest absolute Gasteiger partial charge is 0.312 e. The third-order valence-corrected chi connectivity index (χ3v) is 5.46. The lowest BCUT2D eigenvalue weighted by atomic mass is 9.89. The molecule has 1 N–H and O–H groups in total. The second-order valence-corrected chi connectivity index (χ2v) is 7.55. The van der Waals surface area contributed by atoms with Crippen molar-refractivity contribution >= 4 is 11.6 Å². The van der Waals surface area contributed by atoms with Crippen molar-refractivity contribution in [2.75, 3.05) is 19.6 Å². The van der Waals surface area contributed by atoms with E-state index in [1.165, 1.54) is 70.1 Å². The summed E-state index contributed by atoms with van der Waals surface area (Å²) in [6.07, 6.45) is 9.85.